The maximum atomic E-state index is 12.9. The number of rotatable bonds is 14. The minimum Gasteiger partial charge on any atom is -0.480 e. The molecule has 0 aliphatic heterocycles. The first kappa shape index (κ1) is 27.1. The third-order valence-corrected chi connectivity index (χ3v) is 4.93. The van der Waals surface area contributed by atoms with Gasteiger partial charge in [-0.25, -0.2) is 4.79 Å². The van der Waals surface area contributed by atoms with Crippen molar-refractivity contribution in [2.45, 2.75) is 57.7 Å². The highest BCUT2D eigenvalue weighted by molar-refractivity contribution is 5.93. The first-order chi connectivity index (χ1) is 15.2. The predicted octanol–water partition coefficient (Wildman–Crippen LogP) is -0.488. The average Bonchev–Trinajstić information content (AvgIpc) is 2.76. The molecule has 0 radical (unpaired) electrons. The van der Waals surface area contributed by atoms with E-state index in [0.29, 0.717) is 19.4 Å². The molecule has 0 bridgehead atoms. The van der Waals surface area contributed by atoms with Gasteiger partial charge in [-0.15, -0.1) is 0 Å². The lowest BCUT2D eigenvalue weighted by Crippen LogP contribution is -2.57. The van der Waals surface area contributed by atoms with Gasteiger partial charge in [-0.3, -0.25) is 14.4 Å². The Morgan fingerprint density at radius 3 is 2.06 bits per heavy atom. The molecular formula is C22H35N5O5. The van der Waals surface area contributed by atoms with E-state index >= 15 is 0 Å². The van der Waals surface area contributed by atoms with Gasteiger partial charge in [0, 0.05) is 6.42 Å². The molecule has 3 atom stereocenters. The van der Waals surface area contributed by atoms with E-state index in [1.807, 2.05) is 6.07 Å². The molecule has 0 spiro atoms. The quantitative estimate of drug-likeness (QED) is 0.208. The number of carboxylic acid groups (broad SMARTS) is 1. The number of hydrogen-bond donors (Lipinski definition) is 6. The molecular weight excluding hydrogens is 414 g/mol. The fourth-order valence-electron chi connectivity index (χ4n) is 3.11. The smallest absolute Gasteiger partial charge is 0.326 e. The van der Waals surface area contributed by atoms with Crippen LogP contribution in [0.5, 0.6) is 0 Å². The number of nitrogens with one attached hydrogen (secondary N) is 3. The second kappa shape index (κ2) is 14.2. The van der Waals surface area contributed by atoms with Crippen molar-refractivity contribution in [3.8, 4) is 0 Å². The SMILES string of the molecule is CC(C)C(NC(=O)CN)C(=O)NC(CCCCN)C(=O)NC(Cc1ccccc1)C(=O)O. The molecule has 1 rings (SSSR count). The minimum absolute atomic E-state index is 0.104. The van der Waals surface area contributed by atoms with Gasteiger partial charge >= 0.3 is 5.97 Å². The number of carboxylic acids is 1. The van der Waals surface area contributed by atoms with Crippen molar-refractivity contribution in [2.75, 3.05) is 13.1 Å². The van der Waals surface area contributed by atoms with Gasteiger partial charge in [-0.1, -0.05) is 44.2 Å². The van der Waals surface area contributed by atoms with E-state index in [2.05, 4.69) is 16.0 Å². The van der Waals surface area contributed by atoms with Crippen LogP contribution < -0.4 is 27.4 Å². The highest BCUT2D eigenvalue weighted by Gasteiger charge is 2.30. The van der Waals surface area contributed by atoms with Crippen LogP contribution in [0.4, 0.5) is 0 Å². The summed E-state index contributed by atoms with van der Waals surface area (Å²) in [4.78, 5) is 49.1. The number of benzene rings is 1. The first-order valence-corrected chi connectivity index (χ1v) is 10.8. The number of carbonyl (C=O) groups excluding carboxylic acids is 3. The van der Waals surface area contributed by atoms with Crippen LogP contribution in [0.25, 0.3) is 0 Å². The number of aliphatic carboxylic acids is 1. The van der Waals surface area contributed by atoms with Gasteiger partial charge in [0.15, 0.2) is 0 Å². The summed E-state index contributed by atoms with van der Waals surface area (Å²) in [7, 11) is 0. The standard InChI is InChI=1S/C22H35N5O5/c1-14(2)19(27-18(28)13-24)21(30)25-16(10-6-7-11-23)20(29)26-17(22(31)32)12-15-8-4-3-5-9-15/h3-5,8-9,14,16-17,19H,6-7,10-13,23-24H2,1-2H3,(H,25,30)(H,26,29)(H,27,28)(H,31,32). The Bertz CT molecular complexity index is 756. The van der Waals surface area contributed by atoms with Crippen molar-refractivity contribution in [1.29, 1.82) is 0 Å². The summed E-state index contributed by atoms with van der Waals surface area (Å²) in [6.07, 6.45) is 1.59. The van der Waals surface area contributed by atoms with E-state index in [9.17, 15) is 24.3 Å². The van der Waals surface area contributed by atoms with Crippen LogP contribution in [-0.2, 0) is 25.6 Å². The zero-order valence-electron chi connectivity index (χ0n) is 18.7. The largest absolute Gasteiger partial charge is 0.480 e. The zero-order chi connectivity index (χ0) is 24.1. The molecule has 10 heteroatoms. The van der Waals surface area contributed by atoms with Gasteiger partial charge in [0.05, 0.1) is 6.54 Å². The Kier molecular flexibility index (Phi) is 12.0. The van der Waals surface area contributed by atoms with E-state index < -0.39 is 41.8 Å². The van der Waals surface area contributed by atoms with Gasteiger partial charge in [0.1, 0.15) is 18.1 Å². The average molecular weight is 450 g/mol. The molecule has 0 heterocycles. The first-order valence-electron chi connectivity index (χ1n) is 10.8. The maximum Gasteiger partial charge on any atom is 0.326 e. The summed E-state index contributed by atoms with van der Waals surface area (Å²) in [5.74, 6) is -3.06. The zero-order valence-corrected chi connectivity index (χ0v) is 18.7. The molecule has 32 heavy (non-hydrogen) atoms. The molecule has 0 fully saturated rings. The van der Waals surface area contributed by atoms with Gasteiger partial charge in [0.25, 0.3) is 0 Å². The molecule has 0 saturated carbocycles. The number of nitrogens with two attached hydrogens (primary N) is 2. The second-order valence-corrected chi connectivity index (χ2v) is 7.93. The number of hydrogen-bond acceptors (Lipinski definition) is 6. The van der Waals surface area contributed by atoms with Crippen LogP contribution in [0.2, 0.25) is 0 Å². The van der Waals surface area contributed by atoms with Crippen molar-refractivity contribution in [3.63, 3.8) is 0 Å². The van der Waals surface area contributed by atoms with Crippen molar-refractivity contribution in [2.24, 2.45) is 17.4 Å². The second-order valence-electron chi connectivity index (χ2n) is 7.93. The number of unbranched alkanes of at least 4 members (excludes halogenated alkanes) is 1. The van der Waals surface area contributed by atoms with E-state index in [1.54, 1.807) is 38.1 Å². The van der Waals surface area contributed by atoms with Gasteiger partial charge in [-0.2, -0.15) is 0 Å². The van der Waals surface area contributed by atoms with Crippen LogP contribution in [-0.4, -0.2) is 60.0 Å². The van der Waals surface area contributed by atoms with E-state index in [4.69, 9.17) is 11.5 Å². The molecule has 0 aliphatic carbocycles. The molecule has 3 unspecified atom stereocenters. The topological polar surface area (TPSA) is 177 Å². The Morgan fingerprint density at radius 1 is 0.906 bits per heavy atom. The molecule has 1 aromatic rings. The van der Waals surface area contributed by atoms with Crippen LogP contribution in [0.3, 0.4) is 0 Å². The Labute approximate surface area is 188 Å². The summed E-state index contributed by atoms with van der Waals surface area (Å²) >= 11 is 0. The van der Waals surface area contributed by atoms with Crippen LogP contribution in [0.15, 0.2) is 30.3 Å². The monoisotopic (exact) mass is 449 g/mol. The molecule has 178 valence electrons. The minimum atomic E-state index is -1.18. The van der Waals surface area contributed by atoms with Crippen molar-refractivity contribution >= 4 is 23.7 Å². The van der Waals surface area contributed by atoms with Crippen LogP contribution in [0.1, 0.15) is 38.7 Å². The third kappa shape index (κ3) is 9.44. The normalized spacial score (nSPS) is 13.7. The molecule has 3 amide bonds. The van der Waals surface area contributed by atoms with Crippen LogP contribution in [0, 0.1) is 5.92 Å². The van der Waals surface area contributed by atoms with Gasteiger partial charge in [0.2, 0.25) is 17.7 Å². The third-order valence-electron chi connectivity index (χ3n) is 4.93. The fraction of sp³-hybridized carbons (Fsp3) is 0.545. The van der Waals surface area contributed by atoms with Crippen molar-refractivity contribution in [3.05, 3.63) is 35.9 Å². The lowest BCUT2D eigenvalue weighted by atomic mass is 10.0. The molecule has 8 N–H and O–H groups in total. The fourth-order valence-corrected chi connectivity index (χ4v) is 3.11. The Morgan fingerprint density at radius 2 is 1.53 bits per heavy atom. The summed E-state index contributed by atoms with van der Waals surface area (Å²) in [6.45, 7) is 3.67. The molecule has 0 aromatic heterocycles. The van der Waals surface area contributed by atoms with Gasteiger partial charge in [-0.05, 0) is 37.3 Å². The predicted molar refractivity (Wildman–Crippen MR) is 120 cm³/mol. The summed E-state index contributed by atoms with van der Waals surface area (Å²) in [6, 6.07) is 5.93. The Hall–Kier alpha value is -2.98. The summed E-state index contributed by atoms with van der Waals surface area (Å²) in [5, 5.41) is 17.3. The van der Waals surface area contributed by atoms with Gasteiger partial charge < -0.3 is 32.5 Å². The molecule has 0 saturated heterocycles. The van der Waals surface area contributed by atoms with E-state index in [0.717, 1.165) is 5.56 Å². The molecule has 1 aromatic carbocycles. The summed E-state index contributed by atoms with van der Waals surface area (Å²) < 4.78 is 0. The summed E-state index contributed by atoms with van der Waals surface area (Å²) in [5.41, 5.74) is 11.6. The number of carbonyl (C=O) groups is 4. The Balaban J connectivity index is 2.94. The highest BCUT2D eigenvalue weighted by atomic mass is 16.4. The van der Waals surface area contributed by atoms with Crippen molar-refractivity contribution in [1.82, 2.24) is 16.0 Å². The van der Waals surface area contributed by atoms with E-state index in [-0.39, 0.29) is 25.3 Å². The van der Waals surface area contributed by atoms with Crippen LogP contribution >= 0.6 is 0 Å². The molecule has 10 nitrogen and oxygen atoms in total. The van der Waals surface area contributed by atoms with E-state index in [1.165, 1.54) is 0 Å². The molecule has 0 aliphatic rings. The maximum absolute atomic E-state index is 12.9. The lowest BCUT2D eigenvalue weighted by Gasteiger charge is -2.26. The highest BCUT2D eigenvalue weighted by Crippen LogP contribution is 2.08. The number of amides is 3. The van der Waals surface area contributed by atoms with Crippen molar-refractivity contribution < 1.29 is 24.3 Å². The lowest BCUT2D eigenvalue weighted by molar-refractivity contribution is -0.142.